The Labute approximate surface area is 141 Å². The van der Waals surface area contributed by atoms with Crippen LogP contribution in [0.25, 0.3) is 0 Å². The van der Waals surface area contributed by atoms with E-state index in [9.17, 15) is 9.59 Å². The molecule has 3 aliphatic heterocycles. The number of piperidine rings is 1. The molecular formula is C17H23N5O2. The van der Waals surface area contributed by atoms with Gasteiger partial charge in [-0.15, -0.1) is 0 Å². The molecule has 3 heterocycles. The largest absolute Gasteiger partial charge is 0.361 e. The molecule has 24 heavy (non-hydrogen) atoms. The van der Waals surface area contributed by atoms with E-state index >= 15 is 0 Å². The first-order chi connectivity index (χ1) is 11.6. The number of hydrogen-bond donors (Lipinski definition) is 4. The van der Waals surface area contributed by atoms with Crippen LogP contribution in [0.3, 0.4) is 0 Å². The standard InChI is InChI=1S/C17H23N5O2/c1-11-13(9-18-21-11)16(24)22-8-4-7-17(10-22)19-14-6-3-2-5-12(14)15(23)20-17/h2-3,5-6,11,13,18-19,21H,4,7-10H2,1H3,(H,20,23). The van der Waals surface area contributed by atoms with E-state index in [2.05, 4.69) is 21.5 Å². The average molecular weight is 329 g/mol. The zero-order valence-corrected chi connectivity index (χ0v) is 13.8. The van der Waals surface area contributed by atoms with E-state index in [1.807, 2.05) is 36.1 Å². The quantitative estimate of drug-likeness (QED) is 0.594. The molecule has 1 aromatic rings. The molecule has 0 bridgehead atoms. The van der Waals surface area contributed by atoms with Crippen molar-refractivity contribution in [1.29, 1.82) is 0 Å². The fourth-order valence-electron chi connectivity index (χ4n) is 3.95. The highest BCUT2D eigenvalue weighted by molar-refractivity contribution is 6.02. The normalized spacial score (nSPS) is 32.2. The molecule has 7 heteroatoms. The molecule has 2 amide bonds. The smallest absolute Gasteiger partial charge is 0.255 e. The predicted molar refractivity (Wildman–Crippen MR) is 90.2 cm³/mol. The van der Waals surface area contributed by atoms with Crippen LogP contribution in [-0.4, -0.2) is 48.1 Å². The Morgan fingerprint density at radius 2 is 2.12 bits per heavy atom. The molecule has 0 aromatic heterocycles. The number of carbonyl (C=O) groups is 2. The van der Waals surface area contributed by atoms with Crippen LogP contribution in [0.4, 0.5) is 5.69 Å². The summed E-state index contributed by atoms with van der Waals surface area (Å²) in [4.78, 5) is 27.2. The van der Waals surface area contributed by atoms with Gasteiger partial charge in [0.25, 0.3) is 5.91 Å². The predicted octanol–water partition coefficient (Wildman–Crippen LogP) is 0.273. The fourth-order valence-corrected chi connectivity index (χ4v) is 3.95. The lowest BCUT2D eigenvalue weighted by Gasteiger charge is -2.47. The SMILES string of the molecule is CC1NNCC1C(=O)N1CCCC2(C1)NC(=O)c1ccccc1N2. The third-order valence-corrected chi connectivity index (χ3v) is 5.27. The number of hydrogen-bond acceptors (Lipinski definition) is 5. The second kappa shape index (κ2) is 5.75. The molecule has 0 saturated carbocycles. The molecule has 3 unspecified atom stereocenters. The summed E-state index contributed by atoms with van der Waals surface area (Å²) in [6.45, 7) is 3.89. The third kappa shape index (κ3) is 2.53. The number of anilines is 1. The zero-order chi connectivity index (χ0) is 16.7. The van der Waals surface area contributed by atoms with Crippen molar-refractivity contribution in [2.45, 2.75) is 31.5 Å². The number of rotatable bonds is 1. The molecule has 4 rings (SSSR count). The molecule has 7 nitrogen and oxygen atoms in total. The Balaban J connectivity index is 1.55. The Morgan fingerprint density at radius 1 is 1.29 bits per heavy atom. The van der Waals surface area contributed by atoms with Crippen LogP contribution >= 0.6 is 0 Å². The topological polar surface area (TPSA) is 85.5 Å². The lowest BCUT2D eigenvalue weighted by atomic mass is 9.92. The van der Waals surface area contributed by atoms with Gasteiger partial charge in [0.2, 0.25) is 5.91 Å². The van der Waals surface area contributed by atoms with Crippen molar-refractivity contribution in [3.63, 3.8) is 0 Å². The van der Waals surface area contributed by atoms with Crippen molar-refractivity contribution in [2.24, 2.45) is 5.92 Å². The van der Waals surface area contributed by atoms with Gasteiger partial charge in [0.1, 0.15) is 5.66 Å². The molecule has 1 aromatic carbocycles. The second-order valence-corrected chi connectivity index (χ2v) is 6.99. The summed E-state index contributed by atoms with van der Waals surface area (Å²) < 4.78 is 0. The van der Waals surface area contributed by atoms with E-state index in [0.29, 0.717) is 18.7 Å². The Morgan fingerprint density at radius 3 is 2.92 bits per heavy atom. The number of nitrogens with zero attached hydrogens (tertiary/aromatic N) is 1. The number of amides is 2. The van der Waals surface area contributed by atoms with Crippen LogP contribution in [0.1, 0.15) is 30.1 Å². The van der Waals surface area contributed by atoms with Gasteiger partial charge in [0.15, 0.2) is 0 Å². The highest BCUT2D eigenvalue weighted by atomic mass is 16.2. The van der Waals surface area contributed by atoms with Gasteiger partial charge < -0.3 is 15.5 Å². The average Bonchev–Trinajstić information content (AvgIpc) is 3.00. The fraction of sp³-hybridized carbons (Fsp3) is 0.529. The molecule has 2 fully saturated rings. The van der Waals surface area contributed by atoms with E-state index in [1.165, 1.54) is 0 Å². The van der Waals surface area contributed by atoms with Gasteiger partial charge in [-0.2, -0.15) is 0 Å². The number of fused-ring (bicyclic) bond motifs is 1. The van der Waals surface area contributed by atoms with Crippen molar-refractivity contribution < 1.29 is 9.59 Å². The first-order valence-corrected chi connectivity index (χ1v) is 8.55. The van der Waals surface area contributed by atoms with Gasteiger partial charge in [0, 0.05) is 24.8 Å². The second-order valence-electron chi connectivity index (χ2n) is 6.99. The van der Waals surface area contributed by atoms with E-state index in [1.54, 1.807) is 0 Å². The molecule has 0 aliphatic carbocycles. The minimum atomic E-state index is -0.567. The summed E-state index contributed by atoms with van der Waals surface area (Å²) >= 11 is 0. The molecule has 0 radical (unpaired) electrons. The van der Waals surface area contributed by atoms with Crippen LogP contribution < -0.4 is 21.5 Å². The lowest BCUT2D eigenvalue weighted by Crippen LogP contribution is -2.66. The molecule has 3 aliphatic rings. The summed E-state index contributed by atoms with van der Waals surface area (Å²) in [6.07, 6.45) is 1.68. The van der Waals surface area contributed by atoms with Gasteiger partial charge in [0.05, 0.1) is 18.0 Å². The Bertz CT molecular complexity index is 679. The lowest BCUT2D eigenvalue weighted by molar-refractivity contribution is -0.137. The van der Waals surface area contributed by atoms with Crippen LogP contribution in [0.15, 0.2) is 24.3 Å². The van der Waals surface area contributed by atoms with Crippen molar-refractivity contribution >= 4 is 17.5 Å². The first kappa shape index (κ1) is 15.4. The highest BCUT2D eigenvalue weighted by Gasteiger charge is 2.44. The van der Waals surface area contributed by atoms with E-state index < -0.39 is 5.66 Å². The number of likely N-dealkylation sites (tertiary alicyclic amines) is 1. The van der Waals surface area contributed by atoms with Crippen molar-refractivity contribution in [1.82, 2.24) is 21.1 Å². The van der Waals surface area contributed by atoms with Gasteiger partial charge >= 0.3 is 0 Å². The summed E-state index contributed by atoms with van der Waals surface area (Å²) in [5, 5.41) is 6.57. The third-order valence-electron chi connectivity index (χ3n) is 5.27. The number of nitrogens with one attached hydrogen (secondary N) is 4. The van der Waals surface area contributed by atoms with Gasteiger partial charge in [-0.1, -0.05) is 12.1 Å². The maximum Gasteiger partial charge on any atom is 0.255 e. The highest BCUT2D eigenvalue weighted by Crippen LogP contribution is 2.31. The molecule has 128 valence electrons. The van der Waals surface area contributed by atoms with Gasteiger partial charge in [-0.25, -0.2) is 0 Å². The molecule has 4 N–H and O–H groups in total. The van der Waals surface area contributed by atoms with Crippen LogP contribution in [0, 0.1) is 5.92 Å². The van der Waals surface area contributed by atoms with Crippen LogP contribution in [0.2, 0.25) is 0 Å². The van der Waals surface area contributed by atoms with E-state index in [4.69, 9.17) is 0 Å². The van der Waals surface area contributed by atoms with Gasteiger partial charge in [-0.05, 0) is 31.9 Å². The molecular weight excluding hydrogens is 306 g/mol. The maximum absolute atomic E-state index is 12.9. The van der Waals surface area contributed by atoms with Crippen molar-refractivity contribution in [3.8, 4) is 0 Å². The van der Waals surface area contributed by atoms with Gasteiger partial charge in [-0.3, -0.25) is 20.4 Å². The van der Waals surface area contributed by atoms with Crippen LogP contribution in [-0.2, 0) is 4.79 Å². The molecule has 2 saturated heterocycles. The molecule has 1 spiro atoms. The molecule has 3 atom stereocenters. The van der Waals surface area contributed by atoms with Crippen molar-refractivity contribution in [3.05, 3.63) is 29.8 Å². The number of benzene rings is 1. The monoisotopic (exact) mass is 329 g/mol. The Kier molecular flexibility index (Phi) is 3.69. The minimum Gasteiger partial charge on any atom is -0.361 e. The summed E-state index contributed by atoms with van der Waals surface area (Å²) in [7, 11) is 0. The summed E-state index contributed by atoms with van der Waals surface area (Å²) in [6, 6.07) is 7.62. The number of para-hydroxylation sites is 1. The van der Waals surface area contributed by atoms with Crippen molar-refractivity contribution in [2.75, 3.05) is 25.0 Å². The first-order valence-electron chi connectivity index (χ1n) is 8.55. The Hall–Kier alpha value is -2.12. The minimum absolute atomic E-state index is 0.0632. The summed E-state index contributed by atoms with van der Waals surface area (Å²) in [5.74, 6) is 0.0110. The number of hydrazine groups is 1. The summed E-state index contributed by atoms with van der Waals surface area (Å²) in [5.41, 5.74) is 7.08. The van der Waals surface area contributed by atoms with Crippen LogP contribution in [0.5, 0.6) is 0 Å². The van der Waals surface area contributed by atoms with E-state index in [-0.39, 0.29) is 23.8 Å². The zero-order valence-electron chi connectivity index (χ0n) is 13.8. The maximum atomic E-state index is 12.9. The number of carbonyl (C=O) groups excluding carboxylic acids is 2. The van der Waals surface area contributed by atoms with E-state index in [0.717, 1.165) is 25.1 Å².